The molecular weight excluding hydrogens is 212 g/mol. The van der Waals surface area contributed by atoms with Gasteiger partial charge in [0.25, 0.3) is 0 Å². The van der Waals surface area contributed by atoms with Crippen molar-refractivity contribution in [2.24, 2.45) is 0 Å². The van der Waals surface area contributed by atoms with Crippen molar-refractivity contribution in [3.05, 3.63) is 0 Å². The Bertz CT molecular complexity index is 316. The number of carbonyl (C=O) groups is 3. The zero-order valence-corrected chi connectivity index (χ0v) is 9.47. The van der Waals surface area contributed by atoms with Crippen molar-refractivity contribution in [1.29, 1.82) is 0 Å². The van der Waals surface area contributed by atoms with Gasteiger partial charge >= 0.3 is 5.97 Å². The summed E-state index contributed by atoms with van der Waals surface area (Å²) in [5.74, 6) is -1.54. The molecule has 1 rings (SSSR count). The number of rotatable bonds is 5. The average Bonchev–Trinajstić information content (AvgIpc) is 2.45. The van der Waals surface area contributed by atoms with Crippen LogP contribution in [0.2, 0.25) is 0 Å². The summed E-state index contributed by atoms with van der Waals surface area (Å²) in [5.41, 5.74) is 0. The molecule has 1 aliphatic heterocycles. The molecule has 0 aromatic carbocycles. The van der Waals surface area contributed by atoms with Gasteiger partial charge < -0.3 is 5.11 Å². The fraction of sp³-hybridized carbons (Fsp3) is 0.700. The molecule has 2 amide bonds. The van der Waals surface area contributed by atoms with E-state index in [1.807, 2.05) is 6.92 Å². The Labute approximate surface area is 93.8 Å². The summed E-state index contributed by atoms with van der Waals surface area (Å²) >= 11 is 0. The molecule has 0 spiro atoms. The van der Waals surface area contributed by atoms with E-state index in [0.717, 1.165) is 11.3 Å². The second kappa shape index (κ2) is 5.07. The third-order valence-corrected chi connectivity index (χ3v) is 2.65. The highest BCUT2D eigenvalue weighted by molar-refractivity contribution is 6.05. The van der Waals surface area contributed by atoms with E-state index in [9.17, 15) is 14.4 Å². The molecule has 1 aliphatic rings. The third kappa shape index (κ3) is 2.57. The molecule has 16 heavy (non-hydrogen) atoms. The zero-order valence-electron chi connectivity index (χ0n) is 9.47. The number of aliphatic carboxylic acids is 1. The van der Waals surface area contributed by atoms with E-state index in [0.29, 0.717) is 6.54 Å². The Morgan fingerprint density at radius 2 is 2.19 bits per heavy atom. The molecule has 1 atom stereocenters. The fourth-order valence-corrected chi connectivity index (χ4v) is 1.83. The van der Waals surface area contributed by atoms with Crippen molar-refractivity contribution in [3.8, 4) is 0 Å². The maximum atomic E-state index is 11.7. The van der Waals surface area contributed by atoms with Crippen LogP contribution in [0.25, 0.3) is 0 Å². The molecule has 90 valence electrons. The van der Waals surface area contributed by atoms with Gasteiger partial charge in [0.15, 0.2) is 0 Å². The second-order valence-corrected chi connectivity index (χ2v) is 3.88. The van der Waals surface area contributed by atoms with Crippen LogP contribution in [0.5, 0.6) is 0 Å². The molecule has 0 aliphatic carbocycles. The molecule has 1 fully saturated rings. The van der Waals surface area contributed by atoms with Gasteiger partial charge in [-0.1, -0.05) is 6.92 Å². The van der Waals surface area contributed by atoms with Crippen LogP contribution < -0.4 is 0 Å². The van der Waals surface area contributed by atoms with Crippen LogP contribution in [0.15, 0.2) is 0 Å². The summed E-state index contributed by atoms with van der Waals surface area (Å²) < 4.78 is 0. The number of hydrogen-bond donors (Lipinski definition) is 1. The van der Waals surface area contributed by atoms with Crippen molar-refractivity contribution in [2.45, 2.75) is 25.8 Å². The number of amides is 2. The molecule has 0 aromatic rings. The third-order valence-electron chi connectivity index (χ3n) is 2.65. The van der Waals surface area contributed by atoms with Gasteiger partial charge in [-0.05, 0) is 13.0 Å². The lowest BCUT2D eigenvalue weighted by Gasteiger charge is -2.24. The van der Waals surface area contributed by atoms with Crippen molar-refractivity contribution in [3.63, 3.8) is 0 Å². The zero-order chi connectivity index (χ0) is 12.3. The van der Waals surface area contributed by atoms with Gasteiger partial charge in [-0.2, -0.15) is 0 Å². The summed E-state index contributed by atoms with van der Waals surface area (Å²) in [4.78, 5) is 36.3. The van der Waals surface area contributed by atoms with Crippen LogP contribution in [0.3, 0.4) is 0 Å². The quantitative estimate of drug-likeness (QED) is 0.644. The van der Waals surface area contributed by atoms with Crippen LogP contribution in [0.4, 0.5) is 0 Å². The monoisotopic (exact) mass is 228 g/mol. The highest BCUT2D eigenvalue weighted by Crippen LogP contribution is 2.17. The number of carboxylic acid groups (broad SMARTS) is 1. The molecule has 1 heterocycles. The van der Waals surface area contributed by atoms with Crippen LogP contribution >= 0.6 is 0 Å². The molecule has 1 N–H and O–H groups in total. The van der Waals surface area contributed by atoms with Crippen molar-refractivity contribution in [2.75, 3.05) is 20.1 Å². The van der Waals surface area contributed by atoms with Gasteiger partial charge in [0.05, 0.1) is 19.0 Å². The van der Waals surface area contributed by atoms with Gasteiger partial charge in [-0.15, -0.1) is 0 Å². The molecule has 6 heteroatoms. The molecule has 0 bridgehead atoms. The SMILES string of the molecule is CCCN(CC(=O)O)C1CC(=O)N(C)C1=O. The predicted octanol–water partition coefficient (Wildman–Crippen LogP) is -0.460. The van der Waals surface area contributed by atoms with Gasteiger partial charge in [0.1, 0.15) is 0 Å². The average molecular weight is 228 g/mol. The topological polar surface area (TPSA) is 77.9 Å². The Morgan fingerprint density at radius 1 is 1.56 bits per heavy atom. The molecule has 1 saturated heterocycles. The molecule has 6 nitrogen and oxygen atoms in total. The number of imide groups is 1. The Hall–Kier alpha value is -1.43. The first-order valence-corrected chi connectivity index (χ1v) is 5.23. The van der Waals surface area contributed by atoms with Crippen molar-refractivity contribution in [1.82, 2.24) is 9.80 Å². The standard InChI is InChI=1S/C10H16N2O4/c1-3-4-12(6-9(14)15)7-5-8(13)11(2)10(7)16/h7H,3-6H2,1-2H3,(H,14,15). The molecule has 1 unspecified atom stereocenters. The second-order valence-electron chi connectivity index (χ2n) is 3.88. The lowest BCUT2D eigenvalue weighted by atomic mass is 10.2. The molecule has 0 saturated carbocycles. The van der Waals surface area contributed by atoms with Gasteiger partial charge in [-0.25, -0.2) is 0 Å². The predicted molar refractivity (Wildman–Crippen MR) is 55.7 cm³/mol. The number of nitrogens with zero attached hydrogens (tertiary/aromatic N) is 2. The Balaban J connectivity index is 2.75. The molecule has 0 radical (unpaired) electrons. The number of carbonyl (C=O) groups excluding carboxylic acids is 2. The number of likely N-dealkylation sites (N-methyl/N-ethyl adjacent to an activating group) is 1. The van der Waals surface area contributed by atoms with E-state index in [2.05, 4.69) is 0 Å². The van der Waals surface area contributed by atoms with E-state index in [1.54, 1.807) is 4.90 Å². The number of carboxylic acids is 1. The lowest BCUT2D eigenvalue weighted by Crippen LogP contribution is -2.44. The number of likely N-dealkylation sites (tertiary alicyclic amines) is 1. The van der Waals surface area contributed by atoms with E-state index in [1.165, 1.54) is 7.05 Å². The first-order chi connectivity index (χ1) is 7.47. The van der Waals surface area contributed by atoms with Crippen LogP contribution in [0, 0.1) is 0 Å². The Morgan fingerprint density at radius 3 is 2.56 bits per heavy atom. The smallest absolute Gasteiger partial charge is 0.317 e. The summed E-state index contributed by atoms with van der Waals surface area (Å²) in [6, 6.07) is -0.603. The maximum absolute atomic E-state index is 11.7. The largest absolute Gasteiger partial charge is 0.480 e. The van der Waals surface area contributed by atoms with Gasteiger partial charge in [0.2, 0.25) is 11.8 Å². The van der Waals surface area contributed by atoms with E-state index < -0.39 is 12.0 Å². The first-order valence-electron chi connectivity index (χ1n) is 5.23. The minimum absolute atomic E-state index is 0.0859. The summed E-state index contributed by atoms with van der Waals surface area (Å²) in [6.45, 7) is 2.20. The molecular formula is C10H16N2O4. The van der Waals surface area contributed by atoms with E-state index in [-0.39, 0.29) is 24.8 Å². The van der Waals surface area contributed by atoms with Crippen LogP contribution in [-0.4, -0.2) is 58.9 Å². The van der Waals surface area contributed by atoms with Crippen molar-refractivity contribution >= 4 is 17.8 Å². The molecule has 0 aromatic heterocycles. The normalized spacial score (nSPS) is 20.9. The van der Waals surface area contributed by atoms with Gasteiger partial charge in [0, 0.05) is 7.05 Å². The number of hydrogen-bond acceptors (Lipinski definition) is 4. The highest BCUT2D eigenvalue weighted by atomic mass is 16.4. The van der Waals surface area contributed by atoms with Crippen LogP contribution in [0.1, 0.15) is 19.8 Å². The highest BCUT2D eigenvalue weighted by Gasteiger charge is 2.39. The van der Waals surface area contributed by atoms with Crippen LogP contribution in [-0.2, 0) is 14.4 Å². The lowest BCUT2D eigenvalue weighted by molar-refractivity contribution is -0.140. The Kier molecular flexibility index (Phi) is 4.00. The fourth-order valence-electron chi connectivity index (χ4n) is 1.83. The summed E-state index contributed by atoms with van der Waals surface area (Å²) in [7, 11) is 1.43. The van der Waals surface area contributed by atoms with E-state index in [4.69, 9.17) is 5.11 Å². The van der Waals surface area contributed by atoms with Gasteiger partial charge in [-0.3, -0.25) is 24.2 Å². The minimum Gasteiger partial charge on any atom is -0.480 e. The van der Waals surface area contributed by atoms with E-state index >= 15 is 0 Å². The summed E-state index contributed by atoms with van der Waals surface area (Å²) in [6.07, 6.45) is 0.831. The minimum atomic E-state index is -0.983. The summed E-state index contributed by atoms with van der Waals surface area (Å²) in [5, 5.41) is 8.74. The maximum Gasteiger partial charge on any atom is 0.317 e. The van der Waals surface area contributed by atoms with Crippen molar-refractivity contribution < 1.29 is 19.5 Å². The first kappa shape index (κ1) is 12.6.